The van der Waals surface area contributed by atoms with Crippen molar-refractivity contribution >= 4 is 35.0 Å². The minimum Gasteiger partial charge on any atom is -0.354 e. The van der Waals surface area contributed by atoms with Gasteiger partial charge in [-0.2, -0.15) is 0 Å². The van der Waals surface area contributed by atoms with Crippen molar-refractivity contribution in [2.75, 3.05) is 13.6 Å². The zero-order valence-electron chi connectivity index (χ0n) is 12.1. The molecule has 3 aromatic rings. The molecule has 6 heteroatoms. The molecule has 0 amide bonds. The monoisotopic (exact) mass is 334 g/mol. The minimum absolute atomic E-state index is 0. The highest BCUT2D eigenvalue weighted by Crippen LogP contribution is 2.31. The van der Waals surface area contributed by atoms with Crippen molar-refractivity contribution in [3.8, 4) is 11.4 Å². The van der Waals surface area contributed by atoms with Crippen LogP contribution >= 0.6 is 24.0 Å². The molecule has 1 N–H and O–H groups in total. The standard InChI is InChI=1S/C16H15ClN4.ClH/c1-21-8-7-12-11(9-21)13-14(18-12)15(17)20-16(19-13)10-5-3-2-4-6-10;/h2-6,18H,7-9H2,1H3;1H. The number of H-pyrrole nitrogens is 1. The normalized spacial score (nSPS) is 14.6. The van der Waals surface area contributed by atoms with Crippen molar-refractivity contribution < 1.29 is 0 Å². The van der Waals surface area contributed by atoms with E-state index in [0.29, 0.717) is 11.0 Å². The Morgan fingerprint density at radius 1 is 1.18 bits per heavy atom. The topological polar surface area (TPSA) is 44.8 Å². The number of halogens is 2. The van der Waals surface area contributed by atoms with Crippen LogP contribution in [0, 0.1) is 0 Å². The van der Waals surface area contributed by atoms with Gasteiger partial charge in [-0.15, -0.1) is 12.4 Å². The van der Waals surface area contributed by atoms with Crippen LogP contribution in [-0.2, 0) is 13.0 Å². The van der Waals surface area contributed by atoms with Gasteiger partial charge in [-0.05, 0) is 7.05 Å². The maximum Gasteiger partial charge on any atom is 0.161 e. The summed E-state index contributed by atoms with van der Waals surface area (Å²) >= 11 is 6.37. The molecule has 0 saturated carbocycles. The maximum atomic E-state index is 6.37. The van der Waals surface area contributed by atoms with Crippen molar-refractivity contribution in [3.05, 3.63) is 46.7 Å². The first kappa shape index (κ1) is 15.3. The zero-order valence-corrected chi connectivity index (χ0v) is 13.7. The lowest BCUT2D eigenvalue weighted by Crippen LogP contribution is -2.26. The molecule has 0 unspecified atom stereocenters. The highest BCUT2D eigenvalue weighted by Gasteiger charge is 2.22. The van der Waals surface area contributed by atoms with Crippen LogP contribution in [0.1, 0.15) is 11.3 Å². The Bertz CT molecular complexity index is 814. The van der Waals surface area contributed by atoms with Gasteiger partial charge in [0.25, 0.3) is 0 Å². The molecule has 0 bridgehead atoms. The van der Waals surface area contributed by atoms with Crippen LogP contribution in [0.15, 0.2) is 30.3 Å². The Labute approximate surface area is 139 Å². The number of nitrogens with one attached hydrogen (secondary N) is 1. The molecule has 22 heavy (non-hydrogen) atoms. The van der Waals surface area contributed by atoms with Crippen LogP contribution in [0.4, 0.5) is 0 Å². The second kappa shape index (κ2) is 5.88. The molecule has 1 aliphatic heterocycles. The lowest BCUT2D eigenvalue weighted by Gasteiger charge is -2.21. The lowest BCUT2D eigenvalue weighted by atomic mass is 10.1. The Balaban J connectivity index is 0.00000144. The van der Waals surface area contributed by atoms with Crippen LogP contribution in [-0.4, -0.2) is 33.4 Å². The molecule has 0 saturated heterocycles. The third-order valence-corrected chi connectivity index (χ3v) is 4.27. The first-order valence-corrected chi connectivity index (χ1v) is 7.41. The Kier molecular flexibility index (Phi) is 4.08. The molecule has 3 heterocycles. The summed E-state index contributed by atoms with van der Waals surface area (Å²) in [7, 11) is 2.13. The number of aromatic nitrogens is 3. The number of fused-ring (bicyclic) bond motifs is 3. The second-order valence-electron chi connectivity index (χ2n) is 5.50. The van der Waals surface area contributed by atoms with Crippen molar-refractivity contribution in [1.82, 2.24) is 19.9 Å². The number of nitrogens with zero attached hydrogens (tertiary/aromatic N) is 3. The van der Waals surface area contributed by atoms with Crippen LogP contribution < -0.4 is 0 Å². The number of hydrogen-bond donors (Lipinski definition) is 1. The third-order valence-electron chi connectivity index (χ3n) is 3.99. The van der Waals surface area contributed by atoms with Gasteiger partial charge in [0, 0.05) is 36.3 Å². The Morgan fingerprint density at radius 3 is 2.73 bits per heavy atom. The molecule has 0 spiro atoms. The summed E-state index contributed by atoms with van der Waals surface area (Å²) in [6.07, 6.45) is 0.999. The van der Waals surface area contributed by atoms with Crippen LogP contribution in [0.2, 0.25) is 5.15 Å². The van der Waals surface area contributed by atoms with E-state index in [9.17, 15) is 0 Å². The van der Waals surface area contributed by atoms with Gasteiger partial charge in [0.05, 0.1) is 5.52 Å². The van der Waals surface area contributed by atoms with Gasteiger partial charge in [-0.25, -0.2) is 9.97 Å². The number of aromatic amines is 1. The SMILES string of the molecule is CN1CCc2[nH]c3c(Cl)nc(-c4ccccc4)nc3c2C1.Cl. The first-order valence-electron chi connectivity index (χ1n) is 7.03. The average Bonchev–Trinajstić information content (AvgIpc) is 2.87. The van der Waals surface area contributed by atoms with Gasteiger partial charge in [0.15, 0.2) is 11.0 Å². The van der Waals surface area contributed by atoms with E-state index in [1.807, 2.05) is 30.3 Å². The Morgan fingerprint density at radius 2 is 1.95 bits per heavy atom. The summed E-state index contributed by atoms with van der Waals surface area (Å²) in [5.74, 6) is 0.683. The molecule has 0 radical (unpaired) electrons. The van der Waals surface area contributed by atoms with E-state index in [4.69, 9.17) is 16.6 Å². The summed E-state index contributed by atoms with van der Waals surface area (Å²) < 4.78 is 0. The van der Waals surface area contributed by atoms with E-state index in [0.717, 1.165) is 36.1 Å². The molecule has 4 rings (SSSR count). The van der Waals surface area contributed by atoms with Gasteiger partial charge in [0.1, 0.15) is 5.52 Å². The molecule has 114 valence electrons. The van der Waals surface area contributed by atoms with Gasteiger partial charge in [-0.1, -0.05) is 41.9 Å². The first-order chi connectivity index (χ1) is 10.2. The van der Waals surface area contributed by atoms with E-state index < -0.39 is 0 Å². The van der Waals surface area contributed by atoms with Crippen LogP contribution in [0.5, 0.6) is 0 Å². The van der Waals surface area contributed by atoms with E-state index in [2.05, 4.69) is 21.9 Å². The fraction of sp³-hybridized carbons (Fsp3) is 0.250. The molecule has 1 aliphatic rings. The molecular weight excluding hydrogens is 319 g/mol. The van der Waals surface area contributed by atoms with Crippen molar-refractivity contribution in [1.29, 1.82) is 0 Å². The summed E-state index contributed by atoms with van der Waals surface area (Å²) in [6.45, 7) is 1.95. The average molecular weight is 335 g/mol. The van der Waals surface area contributed by atoms with Crippen LogP contribution in [0.25, 0.3) is 22.4 Å². The number of likely N-dealkylation sites (N-methyl/N-ethyl adjacent to an activating group) is 1. The van der Waals surface area contributed by atoms with Crippen LogP contribution in [0.3, 0.4) is 0 Å². The fourth-order valence-electron chi connectivity index (χ4n) is 2.88. The number of hydrogen-bond acceptors (Lipinski definition) is 3. The molecule has 2 aromatic heterocycles. The van der Waals surface area contributed by atoms with Crippen molar-refractivity contribution in [3.63, 3.8) is 0 Å². The highest BCUT2D eigenvalue weighted by molar-refractivity contribution is 6.33. The Hall–Kier alpha value is -1.62. The lowest BCUT2D eigenvalue weighted by molar-refractivity contribution is 0.313. The molecular formula is C16H16Cl2N4. The molecule has 0 fully saturated rings. The predicted octanol–water partition coefficient (Wildman–Crippen LogP) is 3.69. The van der Waals surface area contributed by atoms with E-state index >= 15 is 0 Å². The predicted molar refractivity (Wildman–Crippen MR) is 91.6 cm³/mol. The smallest absolute Gasteiger partial charge is 0.161 e. The summed E-state index contributed by atoms with van der Waals surface area (Å²) in [4.78, 5) is 14.9. The maximum absolute atomic E-state index is 6.37. The summed E-state index contributed by atoms with van der Waals surface area (Å²) in [5.41, 5.74) is 5.29. The second-order valence-corrected chi connectivity index (χ2v) is 5.86. The number of rotatable bonds is 1. The van der Waals surface area contributed by atoms with Crippen molar-refractivity contribution in [2.45, 2.75) is 13.0 Å². The largest absolute Gasteiger partial charge is 0.354 e. The van der Waals surface area contributed by atoms with E-state index in [1.54, 1.807) is 0 Å². The van der Waals surface area contributed by atoms with E-state index in [1.165, 1.54) is 11.3 Å². The summed E-state index contributed by atoms with van der Waals surface area (Å²) in [6, 6.07) is 9.95. The van der Waals surface area contributed by atoms with Gasteiger partial charge < -0.3 is 9.88 Å². The number of benzene rings is 1. The van der Waals surface area contributed by atoms with E-state index in [-0.39, 0.29) is 12.4 Å². The zero-order chi connectivity index (χ0) is 14.4. The molecule has 0 aliphatic carbocycles. The van der Waals surface area contributed by atoms with Gasteiger partial charge >= 0.3 is 0 Å². The fourth-order valence-corrected chi connectivity index (χ4v) is 3.10. The van der Waals surface area contributed by atoms with Gasteiger partial charge in [0.2, 0.25) is 0 Å². The third kappa shape index (κ3) is 2.47. The van der Waals surface area contributed by atoms with Crippen molar-refractivity contribution in [2.24, 2.45) is 0 Å². The summed E-state index contributed by atoms with van der Waals surface area (Å²) in [5, 5.41) is 0.496. The molecule has 4 nitrogen and oxygen atoms in total. The molecule has 0 atom stereocenters. The quantitative estimate of drug-likeness (QED) is 0.690. The minimum atomic E-state index is 0. The molecule has 1 aromatic carbocycles. The highest BCUT2D eigenvalue weighted by atomic mass is 35.5. The van der Waals surface area contributed by atoms with Gasteiger partial charge in [-0.3, -0.25) is 0 Å².